The molecule has 4 N–H and O–H groups in total. The largest absolute Gasteiger partial charge is 0.463 e. The van der Waals surface area contributed by atoms with Crippen LogP contribution in [0.25, 0.3) is 0 Å². The second-order valence-electron chi connectivity index (χ2n) is 6.49. The van der Waals surface area contributed by atoms with Crippen LogP contribution in [0.5, 0.6) is 5.75 Å². The number of nitrogens with two attached hydrogens (primary N) is 1. The zero-order chi connectivity index (χ0) is 22.8. The minimum absolute atomic E-state index is 0.00180. The van der Waals surface area contributed by atoms with Crippen molar-refractivity contribution in [2.75, 3.05) is 17.5 Å². The molecule has 0 bridgehead atoms. The molecule has 1 aromatic carbocycles. The lowest BCUT2D eigenvalue weighted by Gasteiger charge is -2.18. The first-order chi connectivity index (χ1) is 14.6. The number of carbonyl (C=O) groups excluding carboxylic acids is 1. The fourth-order valence-electron chi connectivity index (χ4n) is 2.85. The average molecular weight is 438 g/mol. The molecule has 31 heavy (non-hydrogen) atoms. The molecular weight excluding hydrogens is 420 g/mol. The fraction of sp³-hybridized carbons (Fsp3) is 0.211. The number of amides is 1. The standard InChI is InChI=1S/C19H18F4N6O2/c1-10-16(8-29(2)28-10)27-17-6-15(13(7-25-17)19(21,22)23)26-14-5-11(31-9-20)3-4-12(14)18(24)30/h3-8H,9H2,1-2H3,(H2,24,30)(H2,25,26,27). The Hall–Kier alpha value is -3.83. The number of carbonyl (C=O) groups is 1. The molecule has 2 aromatic heterocycles. The second-order valence-corrected chi connectivity index (χ2v) is 6.49. The number of nitrogens with zero attached hydrogens (tertiary/aromatic N) is 3. The number of benzene rings is 1. The van der Waals surface area contributed by atoms with E-state index in [1.807, 2.05) is 0 Å². The van der Waals surface area contributed by atoms with E-state index in [-0.39, 0.29) is 22.8 Å². The number of hydrogen-bond donors (Lipinski definition) is 3. The monoisotopic (exact) mass is 438 g/mol. The van der Waals surface area contributed by atoms with Gasteiger partial charge in [-0.1, -0.05) is 0 Å². The molecule has 0 saturated carbocycles. The van der Waals surface area contributed by atoms with Crippen LogP contribution in [0, 0.1) is 6.92 Å². The van der Waals surface area contributed by atoms with E-state index in [2.05, 4.69) is 20.7 Å². The van der Waals surface area contributed by atoms with Crippen LogP contribution >= 0.6 is 0 Å². The van der Waals surface area contributed by atoms with Crippen molar-refractivity contribution in [2.45, 2.75) is 13.1 Å². The summed E-state index contributed by atoms with van der Waals surface area (Å²) in [6.07, 6.45) is -2.44. The Morgan fingerprint density at radius 2 is 1.94 bits per heavy atom. The molecule has 0 saturated heterocycles. The van der Waals surface area contributed by atoms with Crippen LogP contribution < -0.4 is 21.1 Å². The summed E-state index contributed by atoms with van der Waals surface area (Å²) in [5.74, 6) is -0.786. The highest BCUT2D eigenvalue weighted by molar-refractivity contribution is 5.99. The number of aromatic nitrogens is 3. The normalized spacial score (nSPS) is 11.3. The van der Waals surface area contributed by atoms with E-state index >= 15 is 0 Å². The molecule has 0 atom stereocenters. The molecule has 12 heteroatoms. The van der Waals surface area contributed by atoms with Crippen molar-refractivity contribution in [3.8, 4) is 5.75 Å². The highest BCUT2D eigenvalue weighted by atomic mass is 19.4. The van der Waals surface area contributed by atoms with E-state index in [1.54, 1.807) is 20.2 Å². The summed E-state index contributed by atoms with van der Waals surface area (Å²) in [6, 6.07) is 4.81. The lowest BCUT2D eigenvalue weighted by molar-refractivity contribution is -0.137. The Bertz CT molecular complexity index is 1110. The van der Waals surface area contributed by atoms with Gasteiger partial charge in [-0.05, 0) is 19.1 Å². The molecule has 3 aromatic rings. The Morgan fingerprint density at radius 3 is 2.52 bits per heavy atom. The highest BCUT2D eigenvalue weighted by Gasteiger charge is 2.34. The number of rotatable bonds is 7. The van der Waals surface area contributed by atoms with E-state index in [0.717, 1.165) is 6.07 Å². The maximum atomic E-state index is 13.6. The van der Waals surface area contributed by atoms with E-state index in [4.69, 9.17) is 10.5 Å². The van der Waals surface area contributed by atoms with Crippen LogP contribution in [0.4, 0.5) is 40.4 Å². The summed E-state index contributed by atoms with van der Waals surface area (Å²) in [7, 11) is 1.70. The van der Waals surface area contributed by atoms with Crippen molar-refractivity contribution in [1.29, 1.82) is 0 Å². The van der Waals surface area contributed by atoms with Gasteiger partial charge in [0.2, 0.25) is 6.86 Å². The third-order valence-electron chi connectivity index (χ3n) is 4.23. The van der Waals surface area contributed by atoms with Crippen LogP contribution in [-0.4, -0.2) is 27.5 Å². The third kappa shape index (κ3) is 5.02. The highest BCUT2D eigenvalue weighted by Crippen LogP contribution is 2.38. The lowest BCUT2D eigenvalue weighted by Crippen LogP contribution is -2.15. The molecule has 3 rings (SSSR count). The summed E-state index contributed by atoms with van der Waals surface area (Å²) in [4.78, 5) is 15.5. The first-order valence-electron chi connectivity index (χ1n) is 8.82. The van der Waals surface area contributed by atoms with Gasteiger partial charge >= 0.3 is 6.18 Å². The Balaban J connectivity index is 2.05. The van der Waals surface area contributed by atoms with Crippen LogP contribution in [0.3, 0.4) is 0 Å². The fourth-order valence-corrected chi connectivity index (χ4v) is 2.85. The van der Waals surface area contributed by atoms with Crippen LogP contribution in [0.1, 0.15) is 21.6 Å². The smallest absolute Gasteiger partial charge is 0.419 e. The predicted octanol–water partition coefficient (Wildman–Crippen LogP) is 4.03. The summed E-state index contributed by atoms with van der Waals surface area (Å²) in [6.45, 7) is 0.567. The minimum atomic E-state index is -4.74. The van der Waals surface area contributed by atoms with Gasteiger partial charge in [-0.3, -0.25) is 9.48 Å². The summed E-state index contributed by atoms with van der Waals surface area (Å²) >= 11 is 0. The molecule has 0 unspecified atom stereocenters. The van der Waals surface area contributed by atoms with Crippen molar-refractivity contribution in [1.82, 2.24) is 14.8 Å². The van der Waals surface area contributed by atoms with Gasteiger partial charge in [0.15, 0.2) is 0 Å². The molecule has 0 aliphatic heterocycles. The number of pyridine rings is 1. The van der Waals surface area contributed by atoms with Crippen molar-refractivity contribution in [3.63, 3.8) is 0 Å². The van der Waals surface area contributed by atoms with Gasteiger partial charge in [0.05, 0.1) is 33.9 Å². The SMILES string of the molecule is Cc1nn(C)cc1Nc1cc(Nc2cc(OCF)ccc2C(N)=O)c(C(F)(F)F)cn1. The van der Waals surface area contributed by atoms with Crippen molar-refractivity contribution >= 4 is 28.8 Å². The number of aryl methyl sites for hydroxylation is 2. The molecule has 0 fully saturated rings. The Morgan fingerprint density at radius 1 is 1.19 bits per heavy atom. The lowest BCUT2D eigenvalue weighted by atomic mass is 10.1. The molecule has 1 amide bonds. The van der Waals surface area contributed by atoms with Gasteiger partial charge in [-0.2, -0.15) is 18.3 Å². The van der Waals surface area contributed by atoms with Crippen LogP contribution in [0.15, 0.2) is 36.7 Å². The number of ether oxygens (including phenoxy) is 1. The Kier molecular flexibility index (Phi) is 5.99. The predicted molar refractivity (Wildman–Crippen MR) is 105 cm³/mol. The van der Waals surface area contributed by atoms with Crippen molar-refractivity contribution in [2.24, 2.45) is 12.8 Å². The average Bonchev–Trinajstić information content (AvgIpc) is 2.98. The van der Waals surface area contributed by atoms with E-state index in [1.165, 1.54) is 22.9 Å². The molecule has 0 radical (unpaired) electrons. The minimum Gasteiger partial charge on any atom is -0.463 e. The number of nitrogens with one attached hydrogen (secondary N) is 2. The third-order valence-corrected chi connectivity index (χ3v) is 4.23. The van der Waals surface area contributed by atoms with Crippen molar-refractivity contribution in [3.05, 3.63) is 53.5 Å². The van der Waals surface area contributed by atoms with Gasteiger partial charge in [0.1, 0.15) is 11.6 Å². The van der Waals surface area contributed by atoms with Crippen LogP contribution in [0.2, 0.25) is 0 Å². The van der Waals surface area contributed by atoms with E-state index < -0.39 is 30.2 Å². The van der Waals surface area contributed by atoms with E-state index in [9.17, 15) is 22.4 Å². The molecule has 2 heterocycles. The van der Waals surface area contributed by atoms with Gasteiger partial charge in [-0.25, -0.2) is 9.37 Å². The molecular formula is C19H18F4N6O2. The van der Waals surface area contributed by atoms with Gasteiger partial charge in [0.25, 0.3) is 5.91 Å². The van der Waals surface area contributed by atoms with Gasteiger partial charge in [-0.15, -0.1) is 0 Å². The number of hydrogen-bond acceptors (Lipinski definition) is 6. The summed E-state index contributed by atoms with van der Waals surface area (Å²) in [5.41, 5.74) is 4.83. The molecule has 164 valence electrons. The molecule has 8 nitrogen and oxygen atoms in total. The Labute approximate surface area is 174 Å². The quantitative estimate of drug-likeness (QED) is 0.481. The summed E-state index contributed by atoms with van der Waals surface area (Å²) in [5, 5.41) is 9.60. The maximum Gasteiger partial charge on any atom is 0.419 e. The molecule has 0 spiro atoms. The molecule has 0 aliphatic carbocycles. The molecule has 0 aliphatic rings. The number of anilines is 4. The zero-order valence-electron chi connectivity index (χ0n) is 16.4. The van der Waals surface area contributed by atoms with Gasteiger partial charge < -0.3 is 21.1 Å². The summed E-state index contributed by atoms with van der Waals surface area (Å²) < 4.78 is 59.4. The number of primary amides is 1. The van der Waals surface area contributed by atoms with E-state index in [0.29, 0.717) is 17.6 Å². The maximum absolute atomic E-state index is 13.6. The van der Waals surface area contributed by atoms with Crippen molar-refractivity contribution < 1.29 is 27.1 Å². The second kappa shape index (κ2) is 8.50. The van der Waals surface area contributed by atoms with Gasteiger partial charge in [0, 0.05) is 31.6 Å². The first kappa shape index (κ1) is 21.9. The number of halogens is 4. The van der Waals surface area contributed by atoms with Crippen LogP contribution in [-0.2, 0) is 13.2 Å². The number of alkyl halides is 4. The first-order valence-corrected chi connectivity index (χ1v) is 8.82. The zero-order valence-corrected chi connectivity index (χ0v) is 16.4. The topological polar surface area (TPSA) is 107 Å².